The van der Waals surface area contributed by atoms with Gasteiger partial charge in [0, 0.05) is 56.4 Å². The van der Waals surface area contributed by atoms with E-state index in [0.717, 1.165) is 123 Å². The van der Waals surface area contributed by atoms with Crippen LogP contribution in [0.2, 0.25) is 0 Å². The molecule has 0 aliphatic heterocycles. The highest BCUT2D eigenvalue weighted by Gasteiger charge is 2.20. The van der Waals surface area contributed by atoms with Crippen LogP contribution in [0.25, 0.3) is 101 Å². The Hall–Kier alpha value is -10.7. The number of fused-ring (bicyclic) bond motifs is 3. The van der Waals surface area contributed by atoms with E-state index in [4.69, 9.17) is 28.8 Å². The van der Waals surface area contributed by atoms with Crippen molar-refractivity contribution in [3.8, 4) is 67.7 Å². The number of benzene rings is 11. The lowest BCUT2D eigenvalue weighted by Gasteiger charge is -2.26. The first kappa shape index (κ1) is 45.9. The van der Waals surface area contributed by atoms with Crippen molar-refractivity contribution in [3.05, 3.63) is 279 Å². The second-order valence-corrected chi connectivity index (χ2v) is 19.1. The van der Waals surface area contributed by atoms with Gasteiger partial charge in [0.1, 0.15) is 11.0 Å². The first-order chi connectivity index (χ1) is 38.6. The lowest BCUT2D eigenvalue weighted by atomic mass is 10.0. The van der Waals surface area contributed by atoms with E-state index in [0.29, 0.717) is 11.8 Å². The molecular formula is C70H46N6O2. The molecule has 0 radical (unpaired) electrons. The van der Waals surface area contributed by atoms with Crippen LogP contribution in [0.3, 0.4) is 0 Å². The van der Waals surface area contributed by atoms with Crippen molar-refractivity contribution in [1.82, 2.24) is 19.9 Å². The quantitative estimate of drug-likeness (QED) is 0.120. The smallest absolute Gasteiger partial charge is 0.227 e. The Bertz CT molecular complexity index is 4070. The lowest BCUT2D eigenvalue weighted by molar-refractivity contribution is 0.619. The summed E-state index contributed by atoms with van der Waals surface area (Å²) in [6, 6.07) is 96.1. The van der Waals surface area contributed by atoms with E-state index in [2.05, 4.69) is 204 Å². The fourth-order valence-corrected chi connectivity index (χ4v) is 10.2. The van der Waals surface area contributed by atoms with Crippen LogP contribution in [0.1, 0.15) is 0 Å². The van der Waals surface area contributed by atoms with Gasteiger partial charge >= 0.3 is 0 Å². The maximum absolute atomic E-state index is 6.16. The molecule has 0 spiro atoms. The number of rotatable bonds is 12. The molecule has 3 heterocycles. The van der Waals surface area contributed by atoms with E-state index in [-0.39, 0.29) is 0 Å². The molecule has 14 aromatic rings. The van der Waals surface area contributed by atoms with Gasteiger partial charge in [-0.1, -0.05) is 146 Å². The van der Waals surface area contributed by atoms with Crippen molar-refractivity contribution in [2.24, 2.45) is 0 Å². The molecule has 0 aliphatic rings. The number of oxazole rings is 2. The van der Waals surface area contributed by atoms with Crippen LogP contribution in [0.5, 0.6) is 0 Å². The molecule has 368 valence electrons. The summed E-state index contributed by atoms with van der Waals surface area (Å²) in [5, 5.41) is 0. The fourth-order valence-electron chi connectivity index (χ4n) is 10.2. The van der Waals surface area contributed by atoms with Gasteiger partial charge in [0.2, 0.25) is 11.8 Å². The lowest BCUT2D eigenvalue weighted by Crippen LogP contribution is -2.10. The van der Waals surface area contributed by atoms with Crippen molar-refractivity contribution in [2.75, 3.05) is 9.80 Å². The zero-order valence-corrected chi connectivity index (χ0v) is 42.1. The van der Waals surface area contributed by atoms with Crippen molar-refractivity contribution in [1.29, 1.82) is 0 Å². The first-order valence-electron chi connectivity index (χ1n) is 25.9. The van der Waals surface area contributed by atoms with E-state index >= 15 is 0 Å². The van der Waals surface area contributed by atoms with Crippen molar-refractivity contribution in [3.63, 3.8) is 0 Å². The third kappa shape index (κ3) is 8.89. The van der Waals surface area contributed by atoms with Gasteiger partial charge in [0.15, 0.2) is 11.2 Å². The van der Waals surface area contributed by atoms with Gasteiger partial charge in [-0.2, -0.15) is 0 Å². The average Bonchev–Trinajstić information content (AvgIpc) is 4.17. The highest BCUT2D eigenvalue weighted by atomic mass is 16.4. The van der Waals surface area contributed by atoms with Crippen LogP contribution in [0.4, 0.5) is 34.1 Å². The molecule has 11 aromatic carbocycles. The van der Waals surface area contributed by atoms with E-state index in [1.54, 1.807) is 0 Å². The molecule has 0 atom stereocenters. The molecule has 0 saturated carbocycles. The molecule has 0 amide bonds. The van der Waals surface area contributed by atoms with Crippen LogP contribution in [-0.2, 0) is 0 Å². The Balaban J connectivity index is 0.833. The molecule has 3 aromatic heterocycles. The molecule has 0 fully saturated rings. The number of nitrogens with zero attached hydrogens (tertiary/aromatic N) is 6. The van der Waals surface area contributed by atoms with Gasteiger partial charge < -0.3 is 18.6 Å². The molecule has 8 heteroatoms. The Labute approximate surface area is 450 Å². The fraction of sp³-hybridized carbons (Fsp3) is 0. The highest BCUT2D eigenvalue weighted by Crippen LogP contribution is 2.42. The van der Waals surface area contributed by atoms with Gasteiger partial charge in [0.05, 0.1) is 22.4 Å². The molecule has 14 rings (SSSR count). The van der Waals surface area contributed by atoms with Gasteiger partial charge in [-0.3, -0.25) is 0 Å². The predicted octanol–water partition coefficient (Wildman–Crippen LogP) is 18.9. The molecule has 0 aliphatic carbocycles. The maximum atomic E-state index is 6.16. The van der Waals surface area contributed by atoms with Gasteiger partial charge in [-0.25, -0.2) is 19.9 Å². The predicted molar refractivity (Wildman–Crippen MR) is 317 cm³/mol. The number of anilines is 6. The molecule has 0 saturated heterocycles. The van der Waals surface area contributed by atoms with Crippen LogP contribution in [-0.4, -0.2) is 19.9 Å². The first-order valence-corrected chi connectivity index (χ1v) is 25.9. The van der Waals surface area contributed by atoms with E-state index < -0.39 is 0 Å². The Kier molecular flexibility index (Phi) is 11.7. The van der Waals surface area contributed by atoms with Crippen LogP contribution < -0.4 is 9.80 Å². The molecule has 0 N–H and O–H groups in total. The minimum atomic E-state index is 0.584. The van der Waals surface area contributed by atoms with Crippen LogP contribution in [0, 0.1) is 0 Å². The summed E-state index contributed by atoms with van der Waals surface area (Å²) in [6.45, 7) is 0. The summed E-state index contributed by atoms with van der Waals surface area (Å²) >= 11 is 0. The van der Waals surface area contributed by atoms with Crippen molar-refractivity contribution < 1.29 is 8.83 Å². The van der Waals surface area contributed by atoms with Gasteiger partial charge in [0.25, 0.3) is 0 Å². The monoisotopic (exact) mass is 1000 g/mol. The largest absolute Gasteiger partial charge is 0.436 e. The Morgan fingerprint density at radius 1 is 0.218 bits per heavy atom. The van der Waals surface area contributed by atoms with E-state index in [9.17, 15) is 0 Å². The molecule has 78 heavy (non-hydrogen) atoms. The zero-order chi connectivity index (χ0) is 51.8. The molecule has 8 nitrogen and oxygen atoms in total. The molecular weight excluding hydrogens is 957 g/mol. The standard InChI is InChI=1S/C70H46N6O2/c1-3-15-47(16-4-1)53-19-13-21-59(45-53)75(57-41-33-51(34-42-57)69-73-63-25-9-11-27-65(63)77-69)55-37-29-49(30-38-55)67-68(72-62-24-8-7-23-61(62)71-67)50-31-39-56(40-32-50)76(60-22-14-20-54(46-60)48-17-5-2-6-18-48)58-43-35-52(36-44-58)70-74-64-26-10-12-28-66(64)78-70/h1-46H. The minimum absolute atomic E-state index is 0.584. The number of para-hydroxylation sites is 6. The number of aromatic nitrogens is 4. The summed E-state index contributed by atoms with van der Waals surface area (Å²) in [4.78, 5) is 24.8. The molecule has 0 bridgehead atoms. The summed E-state index contributed by atoms with van der Waals surface area (Å²) in [6.07, 6.45) is 0. The third-order valence-electron chi connectivity index (χ3n) is 14.1. The molecule has 0 unspecified atom stereocenters. The number of hydrogen-bond donors (Lipinski definition) is 0. The van der Waals surface area contributed by atoms with Gasteiger partial charge in [-0.05, 0) is 156 Å². The van der Waals surface area contributed by atoms with Gasteiger partial charge in [-0.15, -0.1) is 0 Å². The SMILES string of the molecule is c1ccc(-c2cccc(N(c3ccc(-c4nc5ccccc5o4)cc3)c3ccc(-c4nc5ccccc5nc4-c4ccc(N(c5ccc(-c6nc7ccccc7o6)cc5)c5cccc(-c6ccccc6)c5)cc4)cc3)c2)cc1. The number of hydrogen-bond acceptors (Lipinski definition) is 8. The summed E-state index contributed by atoms with van der Waals surface area (Å²) in [5.74, 6) is 1.17. The highest BCUT2D eigenvalue weighted by molar-refractivity contribution is 5.90. The third-order valence-corrected chi connectivity index (χ3v) is 14.1. The normalized spacial score (nSPS) is 11.3. The second-order valence-electron chi connectivity index (χ2n) is 19.1. The average molecular weight is 1000 g/mol. The van der Waals surface area contributed by atoms with E-state index in [1.165, 1.54) is 0 Å². The van der Waals surface area contributed by atoms with E-state index in [1.807, 2.05) is 84.9 Å². The Morgan fingerprint density at radius 2 is 0.538 bits per heavy atom. The topological polar surface area (TPSA) is 84.3 Å². The van der Waals surface area contributed by atoms with Crippen molar-refractivity contribution >= 4 is 67.4 Å². The van der Waals surface area contributed by atoms with Crippen LogP contribution in [0.15, 0.2) is 288 Å². The second kappa shape index (κ2) is 19.9. The summed E-state index contributed by atoms with van der Waals surface area (Å²) in [7, 11) is 0. The Morgan fingerprint density at radius 3 is 0.910 bits per heavy atom. The maximum Gasteiger partial charge on any atom is 0.227 e. The summed E-state index contributed by atoms with van der Waals surface area (Å²) in [5.41, 5.74) is 20.6. The minimum Gasteiger partial charge on any atom is -0.436 e. The zero-order valence-electron chi connectivity index (χ0n) is 42.1. The van der Waals surface area contributed by atoms with Crippen molar-refractivity contribution in [2.45, 2.75) is 0 Å². The summed E-state index contributed by atoms with van der Waals surface area (Å²) < 4.78 is 12.3. The van der Waals surface area contributed by atoms with Crippen LogP contribution >= 0.6 is 0 Å².